The third-order valence-electron chi connectivity index (χ3n) is 2.58. The molecule has 0 saturated heterocycles. The molecule has 0 aliphatic heterocycles. The monoisotopic (exact) mass is 295 g/mol. The molecule has 0 atom stereocenters. The van der Waals surface area contributed by atoms with Gasteiger partial charge in [0.2, 0.25) is 0 Å². The first-order valence-corrected chi connectivity index (χ1v) is 6.23. The van der Waals surface area contributed by atoms with Gasteiger partial charge in [0, 0.05) is 18.3 Å². The molecular weight excluding hydrogens is 285 g/mol. The van der Waals surface area contributed by atoms with Crippen LogP contribution in [0.5, 0.6) is 0 Å². The summed E-state index contributed by atoms with van der Waals surface area (Å²) in [6.07, 6.45) is 0. The molecule has 0 fully saturated rings. The fourth-order valence-corrected chi connectivity index (χ4v) is 1.75. The maximum atomic E-state index is 13.0. The number of hydrogen-bond donors (Lipinski definition) is 1. The Balaban J connectivity index is 2.23. The van der Waals surface area contributed by atoms with Crippen molar-refractivity contribution in [3.63, 3.8) is 0 Å². The van der Waals surface area contributed by atoms with Crippen LogP contribution in [0.3, 0.4) is 0 Å². The zero-order valence-electron chi connectivity index (χ0n) is 10.6. The maximum Gasteiger partial charge on any atom is 0.276 e. The van der Waals surface area contributed by atoms with Crippen molar-refractivity contribution in [3.05, 3.63) is 57.2 Å². The van der Waals surface area contributed by atoms with Crippen LogP contribution in [-0.2, 0) is 6.54 Å². The van der Waals surface area contributed by atoms with Crippen LogP contribution in [0.2, 0.25) is 5.02 Å². The molecule has 5 nitrogen and oxygen atoms in total. The van der Waals surface area contributed by atoms with Gasteiger partial charge >= 0.3 is 0 Å². The predicted octanol–water partition coefficient (Wildman–Crippen LogP) is 2.31. The number of halogens is 2. The predicted molar refractivity (Wildman–Crippen MR) is 73.5 cm³/mol. The van der Waals surface area contributed by atoms with Crippen molar-refractivity contribution in [2.45, 2.75) is 13.5 Å². The Morgan fingerprint density at radius 3 is 2.80 bits per heavy atom. The van der Waals surface area contributed by atoms with E-state index in [1.807, 2.05) is 0 Å². The lowest BCUT2D eigenvalue weighted by Crippen LogP contribution is -2.25. The summed E-state index contributed by atoms with van der Waals surface area (Å²) in [7, 11) is 0. The highest BCUT2D eigenvalue weighted by atomic mass is 35.5. The number of aromatic nitrogens is 2. The maximum absolute atomic E-state index is 13.0. The topological polar surface area (TPSA) is 64.0 Å². The molecule has 1 aromatic carbocycles. The minimum atomic E-state index is -0.567. The normalized spacial score (nSPS) is 10.3. The zero-order valence-corrected chi connectivity index (χ0v) is 11.3. The van der Waals surface area contributed by atoms with Crippen LogP contribution in [-0.4, -0.2) is 15.7 Å². The van der Waals surface area contributed by atoms with E-state index in [2.05, 4.69) is 10.4 Å². The minimum Gasteiger partial charge on any atom is -0.321 e. The molecule has 104 valence electrons. The number of aryl methyl sites for hydroxylation is 1. The summed E-state index contributed by atoms with van der Waals surface area (Å²) in [5.41, 5.74) is 0.151. The SMILES string of the molecule is CCn1nc(C(=O)Nc2ccc(F)c(Cl)c2)ccc1=O. The van der Waals surface area contributed by atoms with Gasteiger partial charge < -0.3 is 5.32 Å². The lowest BCUT2D eigenvalue weighted by molar-refractivity contribution is 0.102. The van der Waals surface area contributed by atoms with Gasteiger partial charge in [-0.15, -0.1) is 0 Å². The molecule has 0 spiro atoms. The third kappa shape index (κ3) is 3.03. The summed E-state index contributed by atoms with van der Waals surface area (Å²) < 4.78 is 14.2. The van der Waals surface area contributed by atoms with E-state index < -0.39 is 11.7 Å². The van der Waals surface area contributed by atoms with E-state index in [0.717, 1.165) is 6.07 Å². The fourth-order valence-electron chi connectivity index (χ4n) is 1.57. The van der Waals surface area contributed by atoms with Crippen molar-refractivity contribution >= 4 is 23.2 Å². The van der Waals surface area contributed by atoms with Gasteiger partial charge in [-0.05, 0) is 31.2 Å². The Morgan fingerprint density at radius 2 is 2.15 bits per heavy atom. The third-order valence-corrected chi connectivity index (χ3v) is 2.87. The van der Waals surface area contributed by atoms with Crippen LogP contribution < -0.4 is 10.9 Å². The molecule has 7 heteroatoms. The second-order valence-corrected chi connectivity index (χ2v) is 4.36. The lowest BCUT2D eigenvalue weighted by Gasteiger charge is -2.07. The van der Waals surface area contributed by atoms with Gasteiger partial charge in [0.15, 0.2) is 0 Å². The number of hydrogen-bond acceptors (Lipinski definition) is 3. The summed E-state index contributed by atoms with van der Waals surface area (Å²) >= 11 is 5.62. The zero-order chi connectivity index (χ0) is 14.7. The highest BCUT2D eigenvalue weighted by Crippen LogP contribution is 2.19. The minimum absolute atomic E-state index is 0.0886. The number of anilines is 1. The Morgan fingerprint density at radius 1 is 1.40 bits per heavy atom. The summed E-state index contributed by atoms with van der Waals surface area (Å²) in [6.45, 7) is 2.11. The first-order chi connectivity index (χ1) is 9.51. The Bertz CT molecular complexity index is 715. The Labute approximate surface area is 119 Å². The average Bonchev–Trinajstić information content (AvgIpc) is 2.43. The molecule has 0 aliphatic rings. The van der Waals surface area contributed by atoms with Crippen LogP contribution in [0.4, 0.5) is 10.1 Å². The summed E-state index contributed by atoms with van der Waals surface area (Å²) in [5.74, 6) is -1.07. The van der Waals surface area contributed by atoms with Crippen molar-refractivity contribution in [1.29, 1.82) is 0 Å². The molecule has 0 radical (unpaired) electrons. The van der Waals surface area contributed by atoms with Gasteiger partial charge in [0.1, 0.15) is 11.5 Å². The van der Waals surface area contributed by atoms with E-state index in [0.29, 0.717) is 12.2 Å². The molecular formula is C13H11ClFN3O2. The van der Waals surface area contributed by atoms with E-state index in [-0.39, 0.29) is 16.3 Å². The number of carbonyl (C=O) groups excluding carboxylic acids is 1. The largest absolute Gasteiger partial charge is 0.321 e. The van der Waals surface area contributed by atoms with Crippen molar-refractivity contribution in [1.82, 2.24) is 9.78 Å². The number of nitrogens with one attached hydrogen (secondary N) is 1. The first kappa shape index (κ1) is 14.2. The fraction of sp³-hybridized carbons (Fsp3) is 0.154. The quantitative estimate of drug-likeness (QED) is 0.945. The molecule has 1 aromatic heterocycles. The molecule has 1 heterocycles. The Kier molecular flexibility index (Phi) is 4.14. The van der Waals surface area contributed by atoms with Crippen LogP contribution in [0.1, 0.15) is 17.4 Å². The van der Waals surface area contributed by atoms with Crippen LogP contribution in [0.15, 0.2) is 35.1 Å². The molecule has 2 aromatic rings. The summed E-state index contributed by atoms with van der Waals surface area (Å²) in [6, 6.07) is 6.43. The number of nitrogens with zero attached hydrogens (tertiary/aromatic N) is 2. The van der Waals surface area contributed by atoms with E-state index in [9.17, 15) is 14.0 Å². The molecule has 1 amide bonds. The van der Waals surface area contributed by atoms with Crippen molar-refractivity contribution < 1.29 is 9.18 Å². The molecule has 0 aliphatic carbocycles. The van der Waals surface area contributed by atoms with Crippen LogP contribution in [0.25, 0.3) is 0 Å². The van der Waals surface area contributed by atoms with Crippen molar-refractivity contribution in [2.24, 2.45) is 0 Å². The summed E-state index contributed by atoms with van der Waals surface area (Å²) in [4.78, 5) is 23.3. The van der Waals surface area contributed by atoms with Gasteiger partial charge in [-0.3, -0.25) is 9.59 Å². The second kappa shape index (κ2) is 5.83. The first-order valence-electron chi connectivity index (χ1n) is 5.86. The van der Waals surface area contributed by atoms with Gasteiger partial charge in [0.05, 0.1) is 5.02 Å². The van der Waals surface area contributed by atoms with Crippen LogP contribution in [0, 0.1) is 5.82 Å². The molecule has 0 bridgehead atoms. The molecule has 0 saturated carbocycles. The van der Waals surface area contributed by atoms with Crippen LogP contribution >= 0.6 is 11.6 Å². The molecule has 1 N–H and O–H groups in total. The van der Waals surface area contributed by atoms with Gasteiger partial charge in [0.25, 0.3) is 11.5 Å². The van der Waals surface area contributed by atoms with Gasteiger partial charge in [-0.2, -0.15) is 5.10 Å². The molecule has 20 heavy (non-hydrogen) atoms. The van der Waals surface area contributed by atoms with E-state index >= 15 is 0 Å². The number of carbonyl (C=O) groups is 1. The van der Waals surface area contributed by atoms with Gasteiger partial charge in [-0.25, -0.2) is 9.07 Å². The van der Waals surface area contributed by atoms with E-state index in [4.69, 9.17) is 11.6 Å². The highest BCUT2D eigenvalue weighted by molar-refractivity contribution is 6.31. The molecule has 2 rings (SSSR count). The molecule has 0 unspecified atom stereocenters. The summed E-state index contributed by atoms with van der Waals surface area (Å²) in [5, 5.41) is 6.35. The second-order valence-electron chi connectivity index (χ2n) is 3.96. The number of rotatable bonds is 3. The van der Waals surface area contributed by atoms with Gasteiger partial charge in [-0.1, -0.05) is 11.6 Å². The van der Waals surface area contributed by atoms with E-state index in [1.165, 1.54) is 28.9 Å². The smallest absolute Gasteiger partial charge is 0.276 e. The van der Waals surface area contributed by atoms with Crippen molar-refractivity contribution in [2.75, 3.05) is 5.32 Å². The number of amides is 1. The average molecular weight is 296 g/mol. The van der Waals surface area contributed by atoms with Crippen molar-refractivity contribution in [3.8, 4) is 0 Å². The number of benzene rings is 1. The lowest BCUT2D eigenvalue weighted by atomic mass is 10.3. The standard InChI is InChI=1S/C13H11ClFN3O2/c1-2-18-12(19)6-5-11(17-18)13(20)16-8-3-4-10(15)9(14)7-8/h3-7H,2H2,1H3,(H,16,20). The van der Waals surface area contributed by atoms with E-state index in [1.54, 1.807) is 6.92 Å². The Hall–Kier alpha value is -2.21. The highest BCUT2D eigenvalue weighted by Gasteiger charge is 2.10.